The molecule has 0 amide bonds. The van der Waals surface area contributed by atoms with Crippen LogP contribution in [0.1, 0.15) is 48.9 Å². The van der Waals surface area contributed by atoms with E-state index in [0.717, 1.165) is 12.1 Å². The molecule has 1 unspecified atom stereocenters. The van der Waals surface area contributed by atoms with Gasteiger partial charge in [0, 0.05) is 18.0 Å². The maximum absolute atomic E-state index is 6.15. The normalized spacial score (nSPS) is 17.4. The van der Waals surface area contributed by atoms with Crippen LogP contribution in [0.5, 0.6) is 0 Å². The average Bonchev–Trinajstić information content (AvgIpc) is 3.16. The molecule has 2 aromatic rings. The van der Waals surface area contributed by atoms with Crippen molar-refractivity contribution in [2.75, 3.05) is 5.88 Å². The highest BCUT2D eigenvalue weighted by molar-refractivity contribution is 6.18. The number of alkyl halides is 1. The maximum atomic E-state index is 6.15. The van der Waals surface area contributed by atoms with Crippen LogP contribution in [0.4, 0.5) is 0 Å². The minimum absolute atomic E-state index is 0.352. The Hall–Kier alpha value is -1.28. The average molecular weight is 289 g/mol. The molecule has 1 aromatic carbocycles. The van der Waals surface area contributed by atoms with Gasteiger partial charge in [0.1, 0.15) is 0 Å². The first-order valence-electron chi connectivity index (χ1n) is 7.52. The quantitative estimate of drug-likeness (QED) is 0.737. The molecule has 1 aliphatic rings. The van der Waals surface area contributed by atoms with Crippen LogP contribution < -0.4 is 0 Å². The fourth-order valence-corrected chi connectivity index (χ4v) is 3.38. The summed E-state index contributed by atoms with van der Waals surface area (Å²) in [6.45, 7) is 0. The van der Waals surface area contributed by atoms with Gasteiger partial charge in [0.05, 0.1) is 11.7 Å². The number of hydrogen-bond acceptors (Lipinski definition) is 1. The Labute approximate surface area is 125 Å². The summed E-state index contributed by atoms with van der Waals surface area (Å²) in [5, 5.41) is 4.76. The number of benzene rings is 1. The molecule has 0 N–H and O–H groups in total. The highest BCUT2D eigenvalue weighted by Gasteiger charge is 2.18. The van der Waals surface area contributed by atoms with Gasteiger partial charge in [0.25, 0.3) is 0 Å². The number of rotatable bonds is 5. The predicted octanol–water partition coefficient (Wildman–Crippen LogP) is 4.56. The van der Waals surface area contributed by atoms with Crippen LogP contribution in [0.25, 0.3) is 0 Å². The Morgan fingerprint density at radius 1 is 1.15 bits per heavy atom. The molecule has 1 fully saturated rings. The number of aromatic nitrogens is 2. The van der Waals surface area contributed by atoms with E-state index in [2.05, 4.69) is 41.2 Å². The SMILES string of the molecule is ClCC(Cc1ccn(C2CCCC2)n1)c1ccccc1. The van der Waals surface area contributed by atoms with Crippen molar-refractivity contribution >= 4 is 11.6 Å². The second kappa shape index (κ2) is 6.45. The minimum atomic E-state index is 0.352. The van der Waals surface area contributed by atoms with E-state index in [4.69, 9.17) is 16.7 Å². The summed E-state index contributed by atoms with van der Waals surface area (Å²) < 4.78 is 2.17. The summed E-state index contributed by atoms with van der Waals surface area (Å²) >= 11 is 6.15. The predicted molar refractivity (Wildman–Crippen MR) is 83.3 cm³/mol. The highest BCUT2D eigenvalue weighted by Crippen LogP contribution is 2.29. The zero-order valence-corrected chi connectivity index (χ0v) is 12.5. The van der Waals surface area contributed by atoms with E-state index in [9.17, 15) is 0 Å². The van der Waals surface area contributed by atoms with Gasteiger partial charge in [-0.05, 0) is 30.9 Å². The van der Waals surface area contributed by atoms with Crippen molar-refractivity contribution in [3.05, 3.63) is 53.9 Å². The first-order chi connectivity index (χ1) is 9.86. The molecule has 3 rings (SSSR count). The lowest BCUT2D eigenvalue weighted by molar-refractivity contribution is 0.461. The molecule has 2 nitrogen and oxygen atoms in total. The van der Waals surface area contributed by atoms with Gasteiger partial charge in [-0.15, -0.1) is 11.6 Å². The van der Waals surface area contributed by atoms with Crippen molar-refractivity contribution in [2.45, 2.75) is 44.1 Å². The third kappa shape index (κ3) is 3.06. The smallest absolute Gasteiger partial charge is 0.0631 e. The van der Waals surface area contributed by atoms with Gasteiger partial charge in [-0.1, -0.05) is 43.2 Å². The molecule has 20 heavy (non-hydrogen) atoms. The molecule has 1 aromatic heterocycles. The van der Waals surface area contributed by atoms with E-state index in [1.807, 2.05) is 6.07 Å². The summed E-state index contributed by atoms with van der Waals surface area (Å²) in [5.74, 6) is 0.991. The molecule has 1 saturated carbocycles. The van der Waals surface area contributed by atoms with Gasteiger partial charge in [0.2, 0.25) is 0 Å². The molecule has 0 saturated heterocycles. The zero-order valence-electron chi connectivity index (χ0n) is 11.7. The van der Waals surface area contributed by atoms with Crippen LogP contribution in [-0.4, -0.2) is 15.7 Å². The summed E-state index contributed by atoms with van der Waals surface area (Å²) in [6.07, 6.45) is 8.30. The van der Waals surface area contributed by atoms with Crippen LogP contribution in [0.3, 0.4) is 0 Å². The first-order valence-corrected chi connectivity index (χ1v) is 8.05. The summed E-state index contributed by atoms with van der Waals surface area (Å²) in [5.41, 5.74) is 2.46. The standard InChI is InChI=1S/C17H21ClN2/c18-13-15(14-6-2-1-3-7-14)12-16-10-11-20(19-16)17-8-4-5-9-17/h1-3,6-7,10-11,15,17H,4-5,8-9,12-13H2. The van der Waals surface area contributed by atoms with E-state index in [1.54, 1.807) is 0 Å². The molecule has 0 spiro atoms. The molecule has 106 valence electrons. The first kappa shape index (κ1) is 13.7. The van der Waals surface area contributed by atoms with Crippen LogP contribution in [-0.2, 0) is 6.42 Å². The van der Waals surface area contributed by atoms with Crippen molar-refractivity contribution in [3.8, 4) is 0 Å². The highest BCUT2D eigenvalue weighted by atomic mass is 35.5. The fraction of sp³-hybridized carbons (Fsp3) is 0.471. The summed E-state index contributed by atoms with van der Waals surface area (Å²) in [6, 6.07) is 13.3. The molecular weight excluding hydrogens is 268 g/mol. The Bertz CT molecular complexity index is 529. The Morgan fingerprint density at radius 3 is 2.60 bits per heavy atom. The molecule has 0 aliphatic heterocycles. The van der Waals surface area contributed by atoms with Crippen LogP contribution in [0, 0.1) is 0 Å². The van der Waals surface area contributed by atoms with Gasteiger partial charge in [-0.2, -0.15) is 5.10 Å². The van der Waals surface area contributed by atoms with Gasteiger partial charge in [-0.25, -0.2) is 0 Å². The Kier molecular flexibility index (Phi) is 4.41. The molecule has 0 radical (unpaired) electrons. The Balaban J connectivity index is 1.70. The van der Waals surface area contributed by atoms with Crippen molar-refractivity contribution < 1.29 is 0 Å². The van der Waals surface area contributed by atoms with E-state index < -0.39 is 0 Å². The molecule has 3 heteroatoms. The van der Waals surface area contributed by atoms with E-state index in [1.165, 1.54) is 31.2 Å². The van der Waals surface area contributed by atoms with E-state index in [0.29, 0.717) is 17.8 Å². The topological polar surface area (TPSA) is 17.8 Å². The van der Waals surface area contributed by atoms with Crippen LogP contribution in [0.2, 0.25) is 0 Å². The summed E-state index contributed by atoms with van der Waals surface area (Å²) in [7, 11) is 0. The number of nitrogens with zero attached hydrogens (tertiary/aromatic N) is 2. The second-order valence-corrected chi connectivity index (χ2v) is 6.00. The lowest BCUT2D eigenvalue weighted by Crippen LogP contribution is -2.08. The fourth-order valence-electron chi connectivity index (χ4n) is 3.10. The largest absolute Gasteiger partial charge is 0.269 e. The number of halogens is 1. The van der Waals surface area contributed by atoms with Gasteiger partial charge in [-0.3, -0.25) is 4.68 Å². The van der Waals surface area contributed by atoms with Crippen molar-refractivity contribution in [1.82, 2.24) is 9.78 Å². The van der Waals surface area contributed by atoms with E-state index >= 15 is 0 Å². The molecule has 0 bridgehead atoms. The van der Waals surface area contributed by atoms with Crippen LogP contribution >= 0.6 is 11.6 Å². The van der Waals surface area contributed by atoms with Gasteiger partial charge < -0.3 is 0 Å². The molecule has 1 aliphatic carbocycles. The molecular formula is C17H21ClN2. The van der Waals surface area contributed by atoms with Gasteiger partial charge in [0.15, 0.2) is 0 Å². The van der Waals surface area contributed by atoms with Crippen molar-refractivity contribution in [3.63, 3.8) is 0 Å². The lowest BCUT2D eigenvalue weighted by Gasteiger charge is -2.13. The zero-order chi connectivity index (χ0) is 13.8. The molecule has 1 heterocycles. The van der Waals surface area contributed by atoms with E-state index in [-0.39, 0.29) is 0 Å². The van der Waals surface area contributed by atoms with Crippen molar-refractivity contribution in [1.29, 1.82) is 0 Å². The van der Waals surface area contributed by atoms with Gasteiger partial charge >= 0.3 is 0 Å². The maximum Gasteiger partial charge on any atom is 0.0631 e. The molecule has 1 atom stereocenters. The third-order valence-corrected chi connectivity index (χ3v) is 4.65. The third-order valence-electron chi connectivity index (χ3n) is 4.28. The summed E-state index contributed by atoms with van der Waals surface area (Å²) in [4.78, 5) is 0. The lowest BCUT2D eigenvalue weighted by atomic mass is 9.96. The minimum Gasteiger partial charge on any atom is -0.269 e. The second-order valence-electron chi connectivity index (χ2n) is 5.69. The number of hydrogen-bond donors (Lipinski definition) is 0. The van der Waals surface area contributed by atoms with Crippen molar-refractivity contribution in [2.24, 2.45) is 0 Å². The monoisotopic (exact) mass is 288 g/mol. The van der Waals surface area contributed by atoms with Crippen LogP contribution in [0.15, 0.2) is 42.6 Å². The Morgan fingerprint density at radius 2 is 1.90 bits per heavy atom.